The quantitative estimate of drug-likeness (QED) is 0.446. The number of benzene rings is 1. The molecular weight excluding hydrogens is 420 g/mol. The molecule has 30 heavy (non-hydrogen) atoms. The van der Waals surface area contributed by atoms with Gasteiger partial charge in [-0.25, -0.2) is 0 Å². The minimum atomic E-state index is -0.0349. The molecule has 0 spiro atoms. The number of carbonyl (C=O) groups excluding carboxylic acids is 2. The van der Waals surface area contributed by atoms with Crippen molar-refractivity contribution in [1.82, 2.24) is 14.8 Å². The van der Waals surface area contributed by atoms with Crippen LogP contribution >= 0.6 is 23.1 Å². The second kappa shape index (κ2) is 8.33. The number of ether oxygens (including phenoxy) is 1. The molecule has 2 aliphatic heterocycles. The van der Waals surface area contributed by atoms with E-state index >= 15 is 0 Å². The molecule has 154 valence electrons. The van der Waals surface area contributed by atoms with Gasteiger partial charge in [-0.1, -0.05) is 17.8 Å². The van der Waals surface area contributed by atoms with E-state index in [0.29, 0.717) is 18.5 Å². The number of Topliss-reactive ketones (excluding diaryl/α,β-unsaturated/α-hetero) is 1. The molecule has 1 amide bonds. The Morgan fingerprint density at radius 3 is 3.07 bits per heavy atom. The first kappa shape index (κ1) is 19.5. The highest BCUT2D eigenvalue weighted by Crippen LogP contribution is 2.30. The summed E-state index contributed by atoms with van der Waals surface area (Å²) >= 11 is 3.01. The fraction of sp³-hybridized carbons (Fsp3) is 0.333. The predicted molar refractivity (Wildman–Crippen MR) is 116 cm³/mol. The second-order valence-corrected chi connectivity index (χ2v) is 9.23. The number of hydrogen-bond donors (Lipinski definition) is 1. The van der Waals surface area contributed by atoms with Crippen molar-refractivity contribution >= 4 is 40.5 Å². The summed E-state index contributed by atoms with van der Waals surface area (Å²) in [5, 5.41) is 14.3. The molecule has 1 saturated heterocycles. The first-order valence-corrected chi connectivity index (χ1v) is 11.7. The van der Waals surface area contributed by atoms with E-state index in [2.05, 4.69) is 20.1 Å². The van der Waals surface area contributed by atoms with Gasteiger partial charge in [0.25, 0.3) is 0 Å². The molecule has 0 unspecified atom stereocenters. The van der Waals surface area contributed by atoms with Crippen molar-refractivity contribution in [2.75, 3.05) is 17.7 Å². The molecule has 0 saturated carbocycles. The monoisotopic (exact) mass is 440 g/mol. The van der Waals surface area contributed by atoms with Crippen LogP contribution in [0.2, 0.25) is 0 Å². The van der Waals surface area contributed by atoms with E-state index < -0.39 is 0 Å². The maximum atomic E-state index is 12.8. The van der Waals surface area contributed by atoms with E-state index in [4.69, 9.17) is 4.74 Å². The summed E-state index contributed by atoms with van der Waals surface area (Å²) in [6.07, 6.45) is 2.56. The Bertz CT molecular complexity index is 1090. The number of carbonyl (C=O) groups is 2. The van der Waals surface area contributed by atoms with E-state index in [1.54, 1.807) is 23.5 Å². The highest BCUT2D eigenvalue weighted by atomic mass is 32.2. The van der Waals surface area contributed by atoms with Crippen LogP contribution in [0.5, 0.6) is 0 Å². The molecule has 5 rings (SSSR count). The average Bonchev–Trinajstić information content (AvgIpc) is 3.52. The first-order chi connectivity index (χ1) is 14.7. The third-order valence-corrected chi connectivity index (χ3v) is 7.09. The van der Waals surface area contributed by atoms with Crippen molar-refractivity contribution in [3.05, 3.63) is 46.8 Å². The largest absolute Gasteiger partial charge is 0.376 e. The third-order valence-electron chi connectivity index (χ3n) is 5.25. The zero-order chi connectivity index (χ0) is 20.5. The van der Waals surface area contributed by atoms with Crippen LogP contribution in [-0.4, -0.2) is 44.9 Å². The van der Waals surface area contributed by atoms with Crippen molar-refractivity contribution in [3.8, 4) is 10.7 Å². The van der Waals surface area contributed by atoms with Gasteiger partial charge >= 0.3 is 0 Å². The van der Waals surface area contributed by atoms with Gasteiger partial charge in [0.2, 0.25) is 5.91 Å². The lowest BCUT2D eigenvalue weighted by molar-refractivity contribution is -0.115. The van der Waals surface area contributed by atoms with Crippen LogP contribution in [0.4, 0.5) is 5.69 Å². The normalized spacial score (nSPS) is 17.9. The molecule has 2 aliphatic rings. The summed E-state index contributed by atoms with van der Waals surface area (Å²) in [5.74, 6) is 1.05. The molecule has 0 aliphatic carbocycles. The molecule has 3 aromatic rings. The standard InChI is InChI=1S/C21H20N4O3S2/c26-17(13-5-6-16-14(9-13)10-19(27)22-16)12-30-21-24-23-20(18-4-2-8-29-18)25(21)11-15-3-1-7-28-15/h2,4-6,8-9,15H,1,3,7,10-12H2,(H,22,27)/t15-/m1/s1. The van der Waals surface area contributed by atoms with E-state index in [1.165, 1.54) is 11.8 Å². The van der Waals surface area contributed by atoms with Crippen molar-refractivity contribution in [2.45, 2.75) is 37.1 Å². The van der Waals surface area contributed by atoms with Crippen LogP contribution in [0.3, 0.4) is 0 Å². The summed E-state index contributed by atoms with van der Waals surface area (Å²) in [7, 11) is 0. The SMILES string of the molecule is O=C1Cc2cc(C(=O)CSc3nnc(-c4cccs4)n3C[C@H]3CCCO3)ccc2N1. The Kier molecular flexibility index (Phi) is 5.41. The molecular formula is C21H20N4O3S2. The number of nitrogens with zero attached hydrogens (tertiary/aromatic N) is 3. The number of hydrogen-bond acceptors (Lipinski definition) is 7. The number of fused-ring (bicyclic) bond motifs is 1. The zero-order valence-electron chi connectivity index (χ0n) is 16.2. The molecule has 1 aromatic carbocycles. The topological polar surface area (TPSA) is 86.1 Å². The lowest BCUT2D eigenvalue weighted by Gasteiger charge is -2.14. The van der Waals surface area contributed by atoms with Gasteiger partial charge in [-0.3, -0.25) is 14.2 Å². The van der Waals surface area contributed by atoms with Gasteiger partial charge in [-0.15, -0.1) is 21.5 Å². The van der Waals surface area contributed by atoms with Crippen LogP contribution in [-0.2, 0) is 22.5 Å². The summed E-state index contributed by atoms with van der Waals surface area (Å²) in [6.45, 7) is 1.47. The van der Waals surface area contributed by atoms with Gasteiger partial charge in [0.15, 0.2) is 16.8 Å². The fourth-order valence-corrected chi connectivity index (χ4v) is 5.32. The number of rotatable bonds is 7. The maximum absolute atomic E-state index is 12.8. The molecule has 1 N–H and O–H groups in total. The van der Waals surface area contributed by atoms with Gasteiger partial charge < -0.3 is 10.1 Å². The number of thioether (sulfide) groups is 1. The van der Waals surface area contributed by atoms with Crippen LogP contribution in [0.25, 0.3) is 10.7 Å². The van der Waals surface area contributed by atoms with Crippen LogP contribution in [0.15, 0.2) is 40.9 Å². The number of nitrogens with one attached hydrogen (secondary N) is 1. The second-order valence-electron chi connectivity index (χ2n) is 7.34. The Morgan fingerprint density at radius 2 is 2.27 bits per heavy atom. The van der Waals surface area contributed by atoms with Crippen molar-refractivity contribution < 1.29 is 14.3 Å². The minimum absolute atomic E-state index is 0.00601. The average molecular weight is 441 g/mol. The Hall–Kier alpha value is -2.49. The maximum Gasteiger partial charge on any atom is 0.228 e. The van der Waals surface area contributed by atoms with E-state index in [0.717, 1.165) is 46.6 Å². The van der Waals surface area contributed by atoms with E-state index in [-0.39, 0.29) is 23.5 Å². The first-order valence-electron chi connectivity index (χ1n) is 9.85. The Morgan fingerprint density at radius 1 is 1.33 bits per heavy atom. The van der Waals surface area contributed by atoms with Crippen molar-refractivity contribution in [2.24, 2.45) is 0 Å². The number of ketones is 1. The summed E-state index contributed by atoms with van der Waals surface area (Å²) in [5.41, 5.74) is 2.28. The van der Waals surface area contributed by atoms with Crippen LogP contribution in [0.1, 0.15) is 28.8 Å². The minimum Gasteiger partial charge on any atom is -0.376 e. The number of amides is 1. The molecule has 0 radical (unpaired) electrons. The highest BCUT2D eigenvalue weighted by molar-refractivity contribution is 7.99. The Labute approximate surface area is 181 Å². The highest BCUT2D eigenvalue weighted by Gasteiger charge is 2.23. The molecule has 0 bridgehead atoms. The molecule has 7 nitrogen and oxygen atoms in total. The lowest BCUT2D eigenvalue weighted by Crippen LogP contribution is -2.17. The van der Waals surface area contributed by atoms with E-state index in [9.17, 15) is 9.59 Å². The number of anilines is 1. The molecule has 4 heterocycles. The van der Waals surface area contributed by atoms with Crippen molar-refractivity contribution in [3.63, 3.8) is 0 Å². The molecule has 1 atom stereocenters. The smallest absolute Gasteiger partial charge is 0.228 e. The van der Waals surface area contributed by atoms with Gasteiger partial charge in [0.1, 0.15) is 0 Å². The fourth-order valence-electron chi connectivity index (χ4n) is 3.76. The Balaban J connectivity index is 1.34. The van der Waals surface area contributed by atoms with Gasteiger partial charge in [0, 0.05) is 17.9 Å². The molecule has 9 heteroatoms. The molecule has 1 fully saturated rings. The van der Waals surface area contributed by atoms with Gasteiger partial charge in [0.05, 0.1) is 29.7 Å². The summed E-state index contributed by atoms with van der Waals surface area (Å²) in [4.78, 5) is 25.4. The molecule has 2 aromatic heterocycles. The van der Waals surface area contributed by atoms with Crippen LogP contribution in [0, 0.1) is 0 Å². The third kappa shape index (κ3) is 3.92. The predicted octanol–water partition coefficient (Wildman–Crippen LogP) is 3.66. The summed E-state index contributed by atoms with van der Waals surface area (Å²) in [6, 6.07) is 9.40. The summed E-state index contributed by atoms with van der Waals surface area (Å²) < 4.78 is 7.89. The van der Waals surface area contributed by atoms with Gasteiger partial charge in [-0.2, -0.15) is 0 Å². The zero-order valence-corrected chi connectivity index (χ0v) is 17.8. The number of thiophene rings is 1. The lowest BCUT2D eigenvalue weighted by atomic mass is 10.1. The van der Waals surface area contributed by atoms with Crippen LogP contribution < -0.4 is 5.32 Å². The van der Waals surface area contributed by atoms with E-state index in [1.807, 2.05) is 23.6 Å². The number of aromatic nitrogens is 3. The van der Waals surface area contributed by atoms with Crippen molar-refractivity contribution in [1.29, 1.82) is 0 Å². The van der Waals surface area contributed by atoms with Gasteiger partial charge in [-0.05, 0) is 48.1 Å².